The molecule has 6 nitrogen and oxygen atoms in total. The highest BCUT2D eigenvalue weighted by Gasteiger charge is 2.06. The van der Waals surface area contributed by atoms with Gasteiger partial charge in [0.05, 0.1) is 30.7 Å². The van der Waals surface area contributed by atoms with Gasteiger partial charge in [-0.25, -0.2) is 0 Å². The lowest BCUT2D eigenvalue weighted by Crippen LogP contribution is -1.98. The van der Waals surface area contributed by atoms with E-state index >= 15 is 0 Å². The molecule has 0 saturated heterocycles. The zero-order chi connectivity index (χ0) is 23.0. The first-order valence-electron chi connectivity index (χ1n) is 10.5. The van der Waals surface area contributed by atoms with E-state index in [-0.39, 0.29) is 5.75 Å². The number of nitrogens with zero attached hydrogens (tertiary/aromatic N) is 2. The molecule has 0 bridgehead atoms. The molecule has 0 spiro atoms. The summed E-state index contributed by atoms with van der Waals surface area (Å²) in [4.78, 5) is 8.83. The average molecular weight is 440 g/mol. The number of anilines is 1. The molecule has 0 amide bonds. The largest absolute Gasteiger partial charge is 0.506 e. The van der Waals surface area contributed by atoms with Crippen LogP contribution in [0.2, 0.25) is 0 Å². The fraction of sp³-hybridized carbons (Fsp3) is 0.111. The number of hydrogen-bond donors (Lipinski definition) is 2. The van der Waals surface area contributed by atoms with E-state index < -0.39 is 0 Å². The van der Waals surface area contributed by atoms with Gasteiger partial charge in [-0.3, -0.25) is 9.98 Å². The maximum Gasteiger partial charge on any atom is 0.138 e. The number of aliphatic imine (C=N–C) groups is 1. The van der Waals surface area contributed by atoms with Crippen LogP contribution in [0.15, 0.2) is 89.6 Å². The van der Waals surface area contributed by atoms with E-state index in [1.165, 1.54) is 0 Å². The Labute approximate surface area is 193 Å². The summed E-state index contributed by atoms with van der Waals surface area (Å²) < 4.78 is 11.4. The van der Waals surface area contributed by atoms with Crippen LogP contribution in [0.4, 0.5) is 5.69 Å². The number of nitrogens with two attached hydrogens (primary N) is 1. The fourth-order valence-electron chi connectivity index (χ4n) is 3.28. The number of phenolic OH excluding ortho intramolecular Hbond substituents is 1. The Balaban J connectivity index is 1.39. The molecule has 1 aliphatic heterocycles. The molecule has 4 rings (SSSR count). The highest BCUT2D eigenvalue weighted by atomic mass is 16.5. The molecule has 0 unspecified atom stereocenters. The summed E-state index contributed by atoms with van der Waals surface area (Å²) in [6, 6.07) is 16.6. The molecule has 0 saturated carbocycles. The molecule has 1 aliphatic rings. The third-order valence-electron chi connectivity index (χ3n) is 5.07. The van der Waals surface area contributed by atoms with Crippen molar-refractivity contribution in [1.29, 1.82) is 0 Å². The summed E-state index contributed by atoms with van der Waals surface area (Å²) in [6.07, 6.45) is 11.7. The van der Waals surface area contributed by atoms with Crippen LogP contribution < -0.4 is 15.2 Å². The molecular weight excluding hydrogens is 414 g/mol. The zero-order valence-corrected chi connectivity index (χ0v) is 18.3. The van der Waals surface area contributed by atoms with E-state index in [2.05, 4.69) is 9.98 Å². The number of pyridine rings is 1. The van der Waals surface area contributed by atoms with Crippen molar-refractivity contribution in [2.24, 2.45) is 4.99 Å². The molecule has 3 aromatic rings. The molecule has 0 radical (unpaired) electrons. The average Bonchev–Trinajstić information content (AvgIpc) is 3.31. The summed E-state index contributed by atoms with van der Waals surface area (Å²) in [6.45, 7) is 1.01. The van der Waals surface area contributed by atoms with Crippen LogP contribution in [-0.4, -0.2) is 29.5 Å². The minimum Gasteiger partial charge on any atom is -0.506 e. The first-order chi connectivity index (χ1) is 16.1. The predicted molar refractivity (Wildman–Crippen MR) is 133 cm³/mol. The molecule has 6 heteroatoms. The molecule has 0 aliphatic carbocycles. The third-order valence-corrected chi connectivity index (χ3v) is 5.07. The first kappa shape index (κ1) is 21.9. The van der Waals surface area contributed by atoms with Crippen LogP contribution in [0.25, 0.3) is 12.2 Å². The van der Waals surface area contributed by atoms with E-state index in [0.29, 0.717) is 18.8 Å². The lowest BCUT2D eigenvalue weighted by atomic mass is 10.1. The van der Waals surface area contributed by atoms with Crippen molar-refractivity contribution in [1.82, 2.24) is 4.98 Å². The van der Waals surface area contributed by atoms with Gasteiger partial charge in [0.25, 0.3) is 0 Å². The van der Waals surface area contributed by atoms with Crippen molar-refractivity contribution >= 4 is 23.6 Å². The number of nitrogen functional groups attached to an aromatic ring is 1. The van der Waals surface area contributed by atoms with E-state index in [1.807, 2.05) is 72.8 Å². The number of ether oxygens (including phenoxy) is 2. The normalized spacial score (nSPS) is 13.4. The van der Waals surface area contributed by atoms with Crippen LogP contribution in [0.1, 0.15) is 16.8 Å². The van der Waals surface area contributed by atoms with Crippen LogP contribution >= 0.6 is 0 Å². The number of allylic oxidation sites excluding steroid dienone is 2. The quantitative estimate of drug-likeness (QED) is 0.378. The maximum absolute atomic E-state index is 9.53. The van der Waals surface area contributed by atoms with Gasteiger partial charge in [0.2, 0.25) is 0 Å². The second-order valence-corrected chi connectivity index (χ2v) is 7.46. The second-order valence-electron chi connectivity index (χ2n) is 7.46. The highest BCUT2D eigenvalue weighted by Crippen LogP contribution is 2.27. The summed E-state index contributed by atoms with van der Waals surface area (Å²) in [5.74, 6) is 1.53. The predicted octanol–water partition coefficient (Wildman–Crippen LogP) is 5.06. The van der Waals surface area contributed by atoms with E-state index in [0.717, 1.165) is 39.6 Å². The Morgan fingerprint density at radius 1 is 1.03 bits per heavy atom. The minimum absolute atomic E-state index is 0.0891. The van der Waals surface area contributed by atoms with Crippen LogP contribution in [-0.2, 0) is 6.61 Å². The van der Waals surface area contributed by atoms with E-state index in [4.69, 9.17) is 15.2 Å². The van der Waals surface area contributed by atoms with Crippen LogP contribution in [0.5, 0.6) is 17.2 Å². The van der Waals surface area contributed by atoms with Crippen molar-refractivity contribution < 1.29 is 14.6 Å². The first-order valence-corrected chi connectivity index (χ1v) is 10.5. The number of aromatic hydroxyl groups is 1. The number of hydrogen-bond acceptors (Lipinski definition) is 6. The molecule has 2 aromatic carbocycles. The van der Waals surface area contributed by atoms with Crippen LogP contribution in [0, 0.1) is 0 Å². The summed E-state index contributed by atoms with van der Waals surface area (Å²) in [5, 5.41) is 9.53. The number of methoxy groups -OCH3 is 1. The van der Waals surface area contributed by atoms with Gasteiger partial charge in [-0.15, -0.1) is 0 Å². The minimum atomic E-state index is 0.0891. The number of benzene rings is 2. The smallest absolute Gasteiger partial charge is 0.138 e. The molecule has 0 fully saturated rings. The van der Waals surface area contributed by atoms with Crippen molar-refractivity contribution in [3.8, 4) is 17.2 Å². The monoisotopic (exact) mass is 439 g/mol. The van der Waals surface area contributed by atoms with Crippen molar-refractivity contribution in [3.05, 3.63) is 101 Å². The SMILES string of the molecule is COc1cc(OCc2ccccn2)ccc1/C=C/C1=NCC(/C=C/c2ccc(O)c(N)c2)=C1. The molecule has 2 heterocycles. The Hall–Kier alpha value is -4.32. The van der Waals surface area contributed by atoms with Crippen molar-refractivity contribution in [2.45, 2.75) is 6.61 Å². The summed E-state index contributed by atoms with van der Waals surface area (Å²) in [7, 11) is 1.64. The Morgan fingerprint density at radius 2 is 1.94 bits per heavy atom. The standard InChI is InChI=1S/C27H25N3O3/c1-32-27-16-24(33-18-23-4-2-3-13-29-23)11-9-21(27)8-10-22-14-20(17-30-22)6-5-19-7-12-26(31)25(28)15-19/h2-16,31H,17-18,28H2,1H3/b6-5+,10-8+. The Bertz CT molecular complexity index is 1240. The van der Waals surface area contributed by atoms with Gasteiger partial charge in [-0.2, -0.15) is 0 Å². The van der Waals surface area contributed by atoms with Gasteiger partial charge in [-0.1, -0.05) is 24.3 Å². The number of aromatic nitrogens is 1. The van der Waals surface area contributed by atoms with Crippen molar-refractivity contribution in [2.75, 3.05) is 19.4 Å². The lowest BCUT2D eigenvalue weighted by molar-refractivity contribution is 0.299. The molecule has 3 N–H and O–H groups in total. The topological polar surface area (TPSA) is 90.0 Å². The van der Waals surface area contributed by atoms with Gasteiger partial charge in [0.1, 0.15) is 23.9 Å². The van der Waals surface area contributed by atoms with E-state index in [9.17, 15) is 5.11 Å². The maximum atomic E-state index is 9.53. The third kappa shape index (κ3) is 5.89. The lowest BCUT2D eigenvalue weighted by Gasteiger charge is -2.09. The summed E-state index contributed by atoms with van der Waals surface area (Å²) >= 11 is 0. The fourth-order valence-corrected chi connectivity index (χ4v) is 3.28. The van der Waals surface area contributed by atoms with Gasteiger partial charge >= 0.3 is 0 Å². The van der Waals surface area contributed by atoms with Gasteiger partial charge in [0, 0.05) is 17.8 Å². The van der Waals surface area contributed by atoms with Gasteiger partial charge in [-0.05, 0) is 65.8 Å². The number of phenols is 1. The number of rotatable bonds is 8. The van der Waals surface area contributed by atoms with Gasteiger partial charge < -0.3 is 20.3 Å². The Kier molecular flexibility index (Phi) is 6.85. The van der Waals surface area contributed by atoms with Crippen LogP contribution in [0.3, 0.4) is 0 Å². The van der Waals surface area contributed by atoms with Gasteiger partial charge in [0.15, 0.2) is 0 Å². The van der Waals surface area contributed by atoms with E-state index in [1.54, 1.807) is 25.4 Å². The molecule has 1 aromatic heterocycles. The van der Waals surface area contributed by atoms with Crippen molar-refractivity contribution in [3.63, 3.8) is 0 Å². The Morgan fingerprint density at radius 3 is 2.73 bits per heavy atom. The zero-order valence-electron chi connectivity index (χ0n) is 18.3. The molecule has 33 heavy (non-hydrogen) atoms. The molecular formula is C27H25N3O3. The molecule has 166 valence electrons. The summed E-state index contributed by atoms with van der Waals surface area (Å²) in [5.41, 5.74) is 10.8. The second kappa shape index (κ2) is 10.3. The highest BCUT2D eigenvalue weighted by molar-refractivity contribution is 6.08. The molecule has 0 atom stereocenters.